The lowest BCUT2D eigenvalue weighted by atomic mass is 10.2. The number of aromatic amines is 1. The SMILES string of the molecule is C[N+](C)(C)C=Cc1c[nH]c2ccccc12. The summed E-state index contributed by atoms with van der Waals surface area (Å²) in [6.07, 6.45) is 6.39. The number of H-pyrrole nitrogens is 1. The maximum Gasteiger partial charge on any atom is 0.0958 e. The fourth-order valence-corrected chi connectivity index (χ4v) is 1.54. The van der Waals surface area contributed by atoms with Gasteiger partial charge in [-0.05, 0) is 6.07 Å². The minimum absolute atomic E-state index is 0.833. The number of hydrogen-bond acceptors (Lipinski definition) is 0. The predicted molar refractivity (Wildman–Crippen MR) is 65.4 cm³/mol. The highest BCUT2D eigenvalue weighted by atomic mass is 15.3. The van der Waals surface area contributed by atoms with Gasteiger partial charge in [-0.3, -0.25) is 0 Å². The number of fused-ring (bicyclic) bond motifs is 1. The van der Waals surface area contributed by atoms with Crippen LogP contribution in [0.4, 0.5) is 0 Å². The molecular formula is C13H17N2+. The molecule has 15 heavy (non-hydrogen) atoms. The fraction of sp³-hybridized carbons (Fsp3) is 0.231. The standard InChI is InChI=1S/C13H17N2/c1-15(2,3)9-8-11-10-14-13-7-5-4-6-12(11)13/h4-10,14H,1-3H3/q+1. The summed E-state index contributed by atoms with van der Waals surface area (Å²) in [5, 5.41) is 1.28. The Labute approximate surface area is 90.4 Å². The molecule has 0 unspecified atom stereocenters. The topological polar surface area (TPSA) is 15.8 Å². The zero-order valence-corrected chi connectivity index (χ0v) is 9.49. The van der Waals surface area contributed by atoms with E-state index in [2.05, 4.69) is 62.8 Å². The van der Waals surface area contributed by atoms with Crippen molar-refractivity contribution in [2.45, 2.75) is 0 Å². The van der Waals surface area contributed by atoms with E-state index in [1.165, 1.54) is 16.5 Å². The van der Waals surface area contributed by atoms with Crippen LogP contribution in [0.3, 0.4) is 0 Å². The molecular weight excluding hydrogens is 184 g/mol. The van der Waals surface area contributed by atoms with Crippen molar-refractivity contribution >= 4 is 17.0 Å². The van der Waals surface area contributed by atoms with Crippen molar-refractivity contribution < 1.29 is 4.48 Å². The second-order valence-electron chi connectivity index (χ2n) is 4.72. The Morgan fingerprint density at radius 1 is 1.13 bits per heavy atom. The Morgan fingerprint density at radius 2 is 1.87 bits per heavy atom. The molecule has 0 aliphatic rings. The molecule has 1 aromatic carbocycles. The number of rotatable bonds is 2. The van der Waals surface area contributed by atoms with E-state index in [-0.39, 0.29) is 0 Å². The summed E-state index contributed by atoms with van der Waals surface area (Å²) in [5.74, 6) is 0. The molecule has 0 atom stereocenters. The highest BCUT2D eigenvalue weighted by Crippen LogP contribution is 2.19. The smallest absolute Gasteiger partial charge is 0.0958 e. The van der Waals surface area contributed by atoms with E-state index in [9.17, 15) is 0 Å². The minimum Gasteiger partial charge on any atom is -0.361 e. The van der Waals surface area contributed by atoms with Gasteiger partial charge in [0.25, 0.3) is 0 Å². The molecule has 1 heterocycles. The first-order valence-electron chi connectivity index (χ1n) is 5.13. The van der Waals surface area contributed by atoms with Gasteiger partial charge in [-0.1, -0.05) is 18.2 Å². The molecule has 2 nitrogen and oxygen atoms in total. The van der Waals surface area contributed by atoms with Crippen molar-refractivity contribution in [3.8, 4) is 0 Å². The molecule has 0 radical (unpaired) electrons. The van der Waals surface area contributed by atoms with Crippen molar-refractivity contribution in [3.63, 3.8) is 0 Å². The van der Waals surface area contributed by atoms with Crippen molar-refractivity contribution in [2.24, 2.45) is 0 Å². The van der Waals surface area contributed by atoms with Gasteiger partial charge in [0.2, 0.25) is 0 Å². The van der Waals surface area contributed by atoms with Gasteiger partial charge in [0.05, 0.1) is 27.3 Å². The summed E-state index contributed by atoms with van der Waals surface area (Å²) >= 11 is 0. The lowest BCUT2D eigenvalue weighted by Crippen LogP contribution is -2.26. The van der Waals surface area contributed by atoms with Crippen LogP contribution in [-0.2, 0) is 0 Å². The first kappa shape index (κ1) is 9.99. The summed E-state index contributed by atoms with van der Waals surface area (Å²) in [5.41, 5.74) is 2.44. The number of nitrogens with one attached hydrogen (secondary N) is 1. The van der Waals surface area contributed by atoms with Crippen LogP contribution in [0, 0.1) is 0 Å². The normalized spacial score (nSPS) is 12.7. The molecule has 78 valence electrons. The Balaban J connectivity index is 2.41. The molecule has 0 fully saturated rings. The zero-order valence-electron chi connectivity index (χ0n) is 9.49. The zero-order chi connectivity index (χ0) is 10.9. The maximum atomic E-state index is 3.27. The van der Waals surface area contributed by atoms with Crippen LogP contribution >= 0.6 is 0 Å². The molecule has 0 saturated heterocycles. The molecule has 2 aromatic rings. The molecule has 1 aromatic heterocycles. The first-order valence-corrected chi connectivity index (χ1v) is 5.13. The van der Waals surface area contributed by atoms with Gasteiger partial charge in [-0.15, -0.1) is 0 Å². The van der Waals surface area contributed by atoms with Gasteiger partial charge >= 0.3 is 0 Å². The molecule has 2 heteroatoms. The quantitative estimate of drug-likeness (QED) is 0.719. The van der Waals surface area contributed by atoms with E-state index in [1.807, 2.05) is 6.07 Å². The second-order valence-corrected chi connectivity index (χ2v) is 4.72. The number of benzene rings is 1. The summed E-state index contributed by atoms with van der Waals surface area (Å²) < 4.78 is 0.833. The number of para-hydroxylation sites is 1. The van der Waals surface area contributed by atoms with Crippen molar-refractivity contribution in [3.05, 3.63) is 42.2 Å². The van der Waals surface area contributed by atoms with Gasteiger partial charge in [0.15, 0.2) is 0 Å². The molecule has 0 saturated carbocycles. The average molecular weight is 201 g/mol. The van der Waals surface area contributed by atoms with Crippen molar-refractivity contribution in [1.29, 1.82) is 0 Å². The van der Waals surface area contributed by atoms with Crippen LogP contribution in [-0.4, -0.2) is 30.6 Å². The molecule has 0 amide bonds. The average Bonchev–Trinajstić information content (AvgIpc) is 2.57. The predicted octanol–water partition coefficient (Wildman–Crippen LogP) is 2.84. The van der Waals surface area contributed by atoms with Crippen LogP contribution < -0.4 is 0 Å². The highest BCUT2D eigenvalue weighted by molar-refractivity contribution is 5.88. The van der Waals surface area contributed by atoms with Crippen molar-refractivity contribution in [2.75, 3.05) is 21.1 Å². The van der Waals surface area contributed by atoms with E-state index >= 15 is 0 Å². The van der Waals surface area contributed by atoms with Crippen LogP contribution in [0.5, 0.6) is 0 Å². The van der Waals surface area contributed by atoms with Crippen molar-refractivity contribution in [1.82, 2.24) is 4.98 Å². The summed E-state index contributed by atoms with van der Waals surface area (Å²) in [6.45, 7) is 0. The lowest BCUT2D eigenvalue weighted by Gasteiger charge is -2.17. The summed E-state index contributed by atoms with van der Waals surface area (Å²) in [6, 6.07) is 8.35. The maximum absolute atomic E-state index is 3.27. The molecule has 0 bridgehead atoms. The summed E-state index contributed by atoms with van der Waals surface area (Å²) in [4.78, 5) is 3.27. The minimum atomic E-state index is 0.833. The Kier molecular flexibility index (Phi) is 2.37. The molecule has 1 N–H and O–H groups in total. The van der Waals surface area contributed by atoms with Crippen LogP contribution in [0.2, 0.25) is 0 Å². The lowest BCUT2D eigenvalue weighted by molar-refractivity contribution is -0.816. The van der Waals surface area contributed by atoms with Gasteiger partial charge < -0.3 is 9.47 Å². The first-order chi connectivity index (χ1) is 7.06. The second kappa shape index (κ2) is 3.55. The number of nitrogens with zero attached hydrogens (tertiary/aromatic N) is 1. The van der Waals surface area contributed by atoms with Gasteiger partial charge in [-0.2, -0.15) is 0 Å². The van der Waals surface area contributed by atoms with E-state index in [0.717, 1.165) is 4.48 Å². The molecule has 2 rings (SSSR count). The number of quaternary nitrogens is 1. The van der Waals surface area contributed by atoms with Gasteiger partial charge in [0, 0.05) is 28.7 Å². The third-order valence-corrected chi connectivity index (χ3v) is 2.32. The monoisotopic (exact) mass is 201 g/mol. The van der Waals surface area contributed by atoms with Gasteiger partial charge in [0.1, 0.15) is 0 Å². The van der Waals surface area contributed by atoms with Crippen LogP contribution in [0.1, 0.15) is 5.56 Å². The third-order valence-electron chi connectivity index (χ3n) is 2.32. The number of hydrogen-bond donors (Lipinski definition) is 1. The van der Waals surface area contributed by atoms with E-state index in [1.54, 1.807) is 0 Å². The van der Waals surface area contributed by atoms with Crippen LogP contribution in [0.15, 0.2) is 36.7 Å². The Hall–Kier alpha value is -1.54. The number of aromatic nitrogens is 1. The Bertz CT molecular complexity index is 486. The molecule has 0 spiro atoms. The molecule has 0 aliphatic heterocycles. The summed E-state index contributed by atoms with van der Waals surface area (Å²) in [7, 11) is 6.43. The third kappa shape index (κ3) is 2.28. The fourth-order valence-electron chi connectivity index (χ4n) is 1.54. The van der Waals surface area contributed by atoms with E-state index in [4.69, 9.17) is 0 Å². The van der Waals surface area contributed by atoms with E-state index in [0.29, 0.717) is 0 Å². The Morgan fingerprint density at radius 3 is 2.60 bits per heavy atom. The van der Waals surface area contributed by atoms with E-state index < -0.39 is 0 Å². The highest BCUT2D eigenvalue weighted by Gasteiger charge is 2.03. The van der Waals surface area contributed by atoms with Crippen LogP contribution in [0.25, 0.3) is 17.0 Å². The van der Waals surface area contributed by atoms with Gasteiger partial charge in [-0.25, -0.2) is 0 Å². The molecule has 0 aliphatic carbocycles. The largest absolute Gasteiger partial charge is 0.361 e.